The van der Waals surface area contributed by atoms with E-state index in [9.17, 15) is 4.79 Å². The summed E-state index contributed by atoms with van der Waals surface area (Å²) in [7, 11) is 2.13. The molecule has 0 atom stereocenters. The second-order valence-electron chi connectivity index (χ2n) is 6.10. The van der Waals surface area contributed by atoms with Crippen LogP contribution in [0.15, 0.2) is 4.99 Å². The number of nitrogens with zero attached hydrogens (tertiary/aromatic N) is 3. The Labute approximate surface area is 158 Å². The molecule has 1 saturated heterocycles. The van der Waals surface area contributed by atoms with Crippen molar-refractivity contribution in [3.8, 4) is 0 Å². The monoisotopic (exact) mass is 439 g/mol. The van der Waals surface area contributed by atoms with Gasteiger partial charge in [-0.15, -0.1) is 24.0 Å². The molecule has 1 fully saturated rings. The van der Waals surface area contributed by atoms with Crippen molar-refractivity contribution in [3.63, 3.8) is 0 Å². The third-order valence-electron chi connectivity index (χ3n) is 4.01. The summed E-state index contributed by atoms with van der Waals surface area (Å²) in [6.45, 7) is 11.7. The number of carbonyl (C=O) groups excluding carboxylic acids is 1. The second-order valence-corrected chi connectivity index (χ2v) is 6.10. The average Bonchev–Trinajstić information content (AvgIpc) is 2.88. The van der Waals surface area contributed by atoms with Crippen molar-refractivity contribution in [2.24, 2.45) is 4.99 Å². The zero-order valence-corrected chi connectivity index (χ0v) is 17.4. The number of guanidine groups is 1. The fourth-order valence-corrected chi connectivity index (χ4v) is 2.34. The number of nitrogens with one attached hydrogen (secondary N) is 2. The molecule has 1 aliphatic rings. The third kappa shape index (κ3) is 9.34. The van der Waals surface area contributed by atoms with E-state index < -0.39 is 0 Å². The van der Waals surface area contributed by atoms with E-state index in [1.165, 1.54) is 0 Å². The maximum Gasteiger partial charge on any atom is 0.222 e. The Bertz CT molecular complexity index is 362. The lowest BCUT2D eigenvalue weighted by Crippen LogP contribution is -2.42. The lowest BCUT2D eigenvalue weighted by atomic mass is 10.3. The van der Waals surface area contributed by atoms with Gasteiger partial charge in [0.05, 0.1) is 0 Å². The Morgan fingerprint density at radius 1 is 1.39 bits per heavy atom. The summed E-state index contributed by atoms with van der Waals surface area (Å²) in [6.07, 6.45) is 2.65. The van der Waals surface area contributed by atoms with Gasteiger partial charge < -0.3 is 20.4 Å². The SMILES string of the molecule is CCNC(=NCCCN1CCCC1=O)NCCN(C)C(C)C.I. The molecule has 0 radical (unpaired) electrons. The molecular formula is C16H34IN5O. The van der Waals surface area contributed by atoms with E-state index in [4.69, 9.17) is 0 Å². The first-order chi connectivity index (χ1) is 10.5. The highest BCUT2D eigenvalue weighted by molar-refractivity contribution is 14.0. The number of hydrogen-bond acceptors (Lipinski definition) is 3. The van der Waals surface area contributed by atoms with Crippen molar-refractivity contribution in [1.82, 2.24) is 20.4 Å². The minimum Gasteiger partial charge on any atom is -0.357 e. The topological polar surface area (TPSA) is 60.0 Å². The fourth-order valence-electron chi connectivity index (χ4n) is 2.34. The van der Waals surface area contributed by atoms with Gasteiger partial charge in [-0.1, -0.05) is 0 Å². The molecule has 136 valence electrons. The summed E-state index contributed by atoms with van der Waals surface area (Å²) >= 11 is 0. The van der Waals surface area contributed by atoms with Crippen molar-refractivity contribution in [1.29, 1.82) is 0 Å². The number of likely N-dealkylation sites (tertiary alicyclic amines) is 1. The standard InChI is InChI=1S/C16H33N5O.HI/c1-5-17-16(19-10-13-20(4)14(2)3)18-9-7-12-21-11-6-8-15(21)22;/h14H,5-13H2,1-4H3,(H2,17,18,19);1H. The molecule has 6 nitrogen and oxygen atoms in total. The van der Waals surface area contributed by atoms with Gasteiger partial charge in [-0.2, -0.15) is 0 Å². The summed E-state index contributed by atoms with van der Waals surface area (Å²) in [5.41, 5.74) is 0. The third-order valence-corrected chi connectivity index (χ3v) is 4.01. The molecule has 1 heterocycles. The molecule has 0 unspecified atom stereocenters. The highest BCUT2D eigenvalue weighted by Gasteiger charge is 2.18. The Balaban J connectivity index is 0.00000484. The largest absolute Gasteiger partial charge is 0.357 e. The van der Waals surface area contributed by atoms with Crippen molar-refractivity contribution >= 4 is 35.8 Å². The molecule has 23 heavy (non-hydrogen) atoms. The lowest BCUT2D eigenvalue weighted by Gasteiger charge is -2.21. The molecule has 0 aromatic heterocycles. The number of likely N-dealkylation sites (N-methyl/N-ethyl adjacent to an activating group) is 1. The quantitative estimate of drug-likeness (QED) is 0.248. The lowest BCUT2D eigenvalue weighted by molar-refractivity contribution is -0.127. The van der Waals surface area contributed by atoms with Gasteiger partial charge in [0.1, 0.15) is 0 Å². The number of rotatable bonds is 9. The zero-order valence-electron chi connectivity index (χ0n) is 15.1. The molecular weight excluding hydrogens is 405 g/mol. The predicted molar refractivity (Wildman–Crippen MR) is 108 cm³/mol. The highest BCUT2D eigenvalue weighted by Crippen LogP contribution is 2.09. The first-order valence-electron chi connectivity index (χ1n) is 8.54. The van der Waals surface area contributed by atoms with Gasteiger partial charge in [0, 0.05) is 51.7 Å². The normalized spacial score (nSPS) is 15.3. The number of carbonyl (C=O) groups is 1. The summed E-state index contributed by atoms with van der Waals surface area (Å²) < 4.78 is 0. The van der Waals surface area contributed by atoms with E-state index in [2.05, 4.69) is 48.3 Å². The van der Waals surface area contributed by atoms with E-state index in [1.54, 1.807) is 0 Å². The first kappa shape index (κ1) is 22.4. The maximum absolute atomic E-state index is 11.5. The molecule has 1 aliphatic heterocycles. The van der Waals surface area contributed by atoms with E-state index in [0.717, 1.165) is 64.5 Å². The van der Waals surface area contributed by atoms with Crippen molar-refractivity contribution in [3.05, 3.63) is 0 Å². The van der Waals surface area contributed by atoms with Gasteiger partial charge in [0.15, 0.2) is 5.96 Å². The number of amides is 1. The van der Waals surface area contributed by atoms with Crippen molar-refractivity contribution in [2.75, 3.05) is 46.3 Å². The molecule has 0 bridgehead atoms. The Hall–Kier alpha value is -0.570. The van der Waals surface area contributed by atoms with Gasteiger partial charge >= 0.3 is 0 Å². The highest BCUT2D eigenvalue weighted by atomic mass is 127. The Morgan fingerprint density at radius 2 is 2.13 bits per heavy atom. The molecule has 1 amide bonds. The average molecular weight is 439 g/mol. The van der Waals surface area contributed by atoms with Gasteiger partial charge in [0.25, 0.3) is 0 Å². The fraction of sp³-hybridized carbons (Fsp3) is 0.875. The minimum atomic E-state index is 0. The predicted octanol–water partition coefficient (Wildman–Crippen LogP) is 1.51. The molecule has 7 heteroatoms. The number of hydrogen-bond donors (Lipinski definition) is 2. The van der Waals surface area contributed by atoms with Crippen LogP contribution in [0.3, 0.4) is 0 Å². The van der Waals surface area contributed by atoms with Crippen LogP contribution in [0.5, 0.6) is 0 Å². The maximum atomic E-state index is 11.5. The van der Waals surface area contributed by atoms with Crippen LogP contribution in [-0.4, -0.2) is 74.0 Å². The van der Waals surface area contributed by atoms with Gasteiger partial charge in [-0.25, -0.2) is 0 Å². The van der Waals surface area contributed by atoms with Crippen LogP contribution < -0.4 is 10.6 Å². The summed E-state index contributed by atoms with van der Waals surface area (Å²) in [5.74, 6) is 1.16. The minimum absolute atomic E-state index is 0. The molecule has 0 saturated carbocycles. The second kappa shape index (κ2) is 12.8. The molecule has 0 aliphatic carbocycles. The smallest absolute Gasteiger partial charge is 0.222 e. The first-order valence-corrected chi connectivity index (χ1v) is 8.54. The van der Waals surface area contributed by atoms with Gasteiger partial charge in [0.2, 0.25) is 5.91 Å². The van der Waals surface area contributed by atoms with Gasteiger partial charge in [-0.05, 0) is 40.7 Å². The van der Waals surface area contributed by atoms with Crippen LogP contribution in [-0.2, 0) is 4.79 Å². The van der Waals surface area contributed by atoms with E-state index in [1.807, 2.05) is 4.90 Å². The van der Waals surface area contributed by atoms with Crippen molar-refractivity contribution < 1.29 is 4.79 Å². The Kier molecular flexibility index (Phi) is 12.5. The molecule has 2 N–H and O–H groups in total. The molecule has 0 aromatic rings. The van der Waals surface area contributed by atoms with E-state index in [0.29, 0.717) is 11.9 Å². The van der Waals surface area contributed by atoms with Crippen LogP contribution >= 0.6 is 24.0 Å². The zero-order chi connectivity index (χ0) is 16.4. The molecule has 1 rings (SSSR count). The van der Waals surface area contributed by atoms with Crippen molar-refractivity contribution in [2.45, 2.75) is 46.1 Å². The van der Waals surface area contributed by atoms with Gasteiger partial charge in [-0.3, -0.25) is 9.79 Å². The summed E-state index contributed by atoms with van der Waals surface area (Å²) in [4.78, 5) is 20.4. The number of aliphatic imine (C=N–C) groups is 1. The van der Waals surface area contributed by atoms with Crippen LogP contribution in [0.2, 0.25) is 0 Å². The Morgan fingerprint density at radius 3 is 2.70 bits per heavy atom. The summed E-state index contributed by atoms with van der Waals surface area (Å²) in [6, 6.07) is 0.555. The molecule has 0 aromatic carbocycles. The van der Waals surface area contributed by atoms with Crippen LogP contribution in [0.4, 0.5) is 0 Å². The van der Waals surface area contributed by atoms with E-state index in [-0.39, 0.29) is 24.0 Å². The van der Waals surface area contributed by atoms with Crippen LogP contribution in [0.1, 0.15) is 40.0 Å². The number of halogens is 1. The van der Waals surface area contributed by atoms with E-state index >= 15 is 0 Å². The van der Waals surface area contributed by atoms with Crippen LogP contribution in [0, 0.1) is 0 Å². The van der Waals surface area contributed by atoms with Crippen LogP contribution in [0.25, 0.3) is 0 Å². The molecule has 0 spiro atoms. The summed E-state index contributed by atoms with van der Waals surface area (Å²) in [5, 5.41) is 6.62.